The van der Waals surface area contributed by atoms with Gasteiger partial charge in [-0.1, -0.05) is 47.6 Å². The predicted octanol–water partition coefficient (Wildman–Crippen LogP) is 7.13. The van der Waals surface area contributed by atoms with Crippen LogP contribution in [0.25, 0.3) is 0 Å². The monoisotopic (exact) mass is 593 g/mol. The summed E-state index contributed by atoms with van der Waals surface area (Å²) in [5.41, 5.74) is 5.03. The summed E-state index contributed by atoms with van der Waals surface area (Å²) in [7, 11) is -3.92. The fraction of sp³-hybridized carbons (Fsp3) is 0.750. The molecule has 41 heavy (non-hydrogen) atoms. The zero-order valence-corrected chi connectivity index (χ0v) is 27.7. The maximum absolute atomic E-state index is 13.1. The molecular formula is C32H55N3O5S. The highest BCUT2D eigenvalue weighted by Crippen LogP contribution is 2.39. The largest absolute Gasteiger partial charge is 0.444 e. The number of aryl methyl sites for hydroxylation is 2. The molecule has 1 aromatic carbocycles. The van der Waals surface area contributed by atoms with E-state index in [4.69, 9.17) is 4.74 Å². The van der Waals surface area contributed by atoms with Crippen LogP contribution in [0.3, 0.4) is 0 Å². The molecule has 3 unspecified atom stereocenters. The lowest BCUT2D eigenvalue weighted by Crippen LogP contribution is -2.50. The molecule has 9 heteroatoms. The van der Waals surface area contributed by atoms with E-state index < -0.39 is 27.7 Å². The molecule has 3 atom stereocenters. The van der Waals surface area contributed by atoms with E-state index in [2.05, 4.69) is 35.3 Å². The highest BCUT2D eigenvalue weighted by atomic mass is 32.2. The quantitative estimate of drug-likeness (QED) is 0.325. The molecule has 0 heterocycles. The van der Waals surface area contributed by atoms with Crippen LogP contribution in [0.2, 0.25) is 0 Å². The van der Waals surface area contributed by atoms with Crippen LogP contribution in [0, 0.1) is 17.8 Å². The Bertz CT molecular complexity index is 1110. The average Bonchev–Trinajstić information content (AvgIpc) is 3.55. The highest BCUT2D eigenvalue weighted by Gasteiger charge is 2.37. The number of hydrogen-bond acceptors (Lipinski definition) is 5. The van der Waals surface area contributed by atoms with Crippen LogP contribution in [-0.4, -0.2) is 37.9 Å². The first-order valence-electron chi connectivity index (χ1n) is 15.8. The molecule has 8 nitrogen and oxygen atoms in total. The van der Waals surface area contributed by atoms with E-state index >= 15 is 0 Å². The number of alkyl carbamates (subject to hydrolysis) is 1. The number of sulfonamides is 1. The summed E-state index contributed by atoms with van der Waals surface area (Å²) in [4.78, 5) is 25.5. The number of anilines is 1. The van der Waals surface area contributed by atoms with E-state index in [1.807, 2.05) is 27.7 Å². The summed E-state index contributed by atoms with van der Waals surface area (Å²) in [6.45, 7) is 17.7. The molecule has 1 aromatic rings. The van der Waals surface area contributed by atoms with Gasteiger partial charge in [0.2, 0.25) is 10.0 Å². The van der Waals surface area contributed by atoms with Gasteiger partial charge in [-0.2, -0.15) is 0 Å². The van der Waals surface area contributed by atoms with Crippen molar-refractivity contribution in [1.29, 1.82) is 0 Å². The Kier molecular flexibility index (Phi) is 13.0. The summed E-state index contributed by atoms with van der Waals surface area (Å²) >= 11 is 0. The molecule has 0 radical (unpaired) electrons. The fourth-order valence-electron chi connectivity index (χ4n) is 6.28. The van der Waals surface area contributed by atoms with Crippen LogP contribution in [0.15, 0.2) is 6.07 Å². The summed E-state index contributed by atoms with van der Waals surface area (Å²) in [5, 5.41) is 5.84. The third-order valence-electron chi connectivity index (χ3n) is 8.07. The molecule has 0 bridgehead atoms. The van der Waals surface area contributed by atoms with Gasteiger partial charge < -0.3 is 15.4 Å². The lowest BCUT2D eigenvalue weighted by atomic mass is 9.74. The lowest BCUT2D eigenvalue weighted by Gasteiger charge is -2.38. The van der Waals surface area contributed by atoms with Crippen LogP contribution < -0.4 is 15.4 Å². The number of carbonyl (C=O) groups excluding carboxylic acids is 2. The number of ether oxygens (including phenoxy) is 1. The van der Waals surface area contributed by atoms with Crippen molar-refractivity contribution < 1.29 is 22.7 Å². The van der Waals surface area contributed by atoms with Crippen molar-refractivity contribution in [3.8, 4) is 0 Å². The molecule has 0 spiro atoms. The molecule has 3 aliphatic rings. The number of fused-ring (bicyclic) bond motifs is 2. The van der Waals surface area contributed by atoms with E-state index in [0.29, 0.717) is 24.7 Å². The Morgan fingerprint density at radius 3 is 2.02 bits per heavy atom. The molecule has 0 saturated heterocycles. The summed E-state index contributed by atoms with van der Waals surface area (Å²) < 4.78 is 34.0. The van der Waals surface area contributed by atoms with Gasteiger partial charge in [-0.3, -0.25) is 0 Å². The van der Waals surface area contributed by atoms with Gasteiger partial charge in [-0.25, -0.2) is 22.7 Å². The van der Waals surface area contributed by atoms with Crippen molar-refractivity contribution in [3.05, 3.63) is 28.3 Å². The van der Waals surface area contributed by atoms with E-state index in [0.717, 1.165) is 61.8 Å². The van der Waals surface area contributed by atoms with Gasteiger partial charge in [0.15, 0.2) is 0 Å². The van der Waals surface area contributed by atoms with Crippen LogP contribution in [0.1, 0.15) is 117 Å². The van der Waals surface area contributed by atoms with E-state index in [-0.39, 0.29) is 17.7 Å². The molecule has 3 N–H and O–H groups in total. The second kappa shape index (κ2) is 15.3. The van der Waals surface area contributed by atoms with Crippen molar-refractivity contribution in [2.45, 2.75) is 132 Å². The van der Waals surface area contributed by atoms with Crippen LogP contribution in [0.5, 0.6) is 0 Å². The van der Waals surface area contributed by atoms with E-state index in [9.17, 15) is 18.0 Å². The smallest absolute Gasteiger partial charge is 0.407 e. The molecule has 3 amide bonds. The normalized spacial score (nSPS) is 21.4. The number of nitrogens with one attached hydrogen (secondary N) is 3. The number of hydrogen-bond donors (Lipinski definition) is 3. The average molecular weight is 594 g/mol. The minimum Gasteiger partial charge on any atom is -0.444 e. The van der Waals surface area contributed by atoms with Gasteiger partial charge in [0.1, 0.15) is 5.60 Å². The van der Waals surface area contributed by atoms with Crippen LogP contribution in [0.4, 0.5) is 15.3 Å². The SMILES string of the molecule is CC.CC.CC(C)C1CCC(CS(=O)(=O)NC(=O)Nc2c3c(cc4c2CCC4)CCC3)C(NC(=O)OC(C)(C)C)C1. The van der Waals surface area contributed by atoms with Gasteiger partial charge >= 0.3 is 12.1 Å². The Morgan fingerprint density at radius 1 is 0.951 bits per heavy atom. The predicted molar refractivity (Wildman–Crippen MR) is 168 cm³/mol. The Balaban J connectivity index is 0.00000141. The number of carbonyl (C=O) groups is 2. The van der Waals surface area contributed by atoms with Crippen molar-refractivity contribution >= 4 is 27.8 Å². The number of urea groups is 1. The maximum Gasteiger partial charge on any atom is 0.407 e. The van der Waals surface area contributed by atoms with Gasteiger partial charge in [-0.05, 0) is 119 Å². The van der Waals surface area contributed by atoms with Crippen molar-refractivity contribution in [3.63, 3.8) is 0 Å². The Labute approximate surface area is 249 Å². The lowest BCUT2D eigenvalue weighted by molar-refractivity contribution is 0.0450. The number of amides is 3. The summed E-state index contributed by atoms with van der Waals surface area (Å²) in [6.07, 6.45) is 7.61. The van der Waals surface area contributed by atoms with Crippen molar-refractivity contribution in [2.75, 3.05) is 11.1 Å². The Morgan fingerprint density at radius 2 is 1.51 bits per heavy atom. The number of benzene rings is 1. The first kappa shape index (κ1) is 34.9. The molecule has 0 aliphatic heterocycles. The van der Waals surface area contributed by atoms with Gasteiger partial charge in [-0.15, -0.1) is 0 Å². The minimum absolute atomic E-state index is 0.225. The van der Waals surface area contributed by atoms with Crippen molar-refractivity contribution in [2.24, 2.45) is 17.8 Å². The van der Waals surface area contributed by atoms with Gasteiger partial charge in [0.25, 0.3) is 0 Å². The summed E-state index contributed by atoms with van der Waals surface area (Å²) in [5.74, 6) is 0.283. The van der Waals surface area contributed by atoms with Gasteiger partial charge in [0.05, 0.1) is 5.75 Å². The van der Waals surface area contributed by atoms with E-state index in [1.54, 1.807) is 20.8 Å². The van der Waals surface area contributed by atoms with Gasteiger partial charge in [0, 0.05) is 11.7 Å². The standard InChI is InChI=1S/C28H43N3O5S.2C2H6/c1-17(2)18-12-13-21(24(15-18)29-27(33)36-28(3,4)5)16-37(34,35)31-26(32)30-25-22-10-6-8-19(22)14-20-9-7-11-23(20)25;2*1-2/h14,17-18,21,24H,6-13,15-16H2,1-5H3,(H,29,33)(H2,30,31,32);2*1-2H3. The second-order valence-corrected chi connectivity index (χ2v) is 14.2. The molecule has 234 valence electrons. The minimum atomic E-state index is -3.92. The molecule has 3 aliphatic carbocycles. The zero-order valence-electron chi connectivity index (χ0n) is 26.9. The fourth-order valence-corrected chi connectivity index (χ4v) is 7.66. The Hall–Kier alpha value is -2.29. The molecule has 1 fully saturated rings. The third kappa shape index (κ3) is 9.90. The number of rotatable bonds is 6. The second-order valence-electron chi connectivity index (χ2n) is 12.4. The first-order valence-corrected chi connectivity index (χ1v) is 17.4. The molecular weight excluding hydrogens is 538 g/mol. The topological polar surface area (TPSA) is 114 Å². The molecule has 0 aromatic heterocycles. The third-order valence-corrected chi connectivity index (χ3v) is 9.44. The van der Waals surface area contributed by atoms with Crippen LogP contribution >= 0.6 is 0 Å². The molecule has 1 saturated carbocycles. The van der Waals surface area contributed by atoms with Crippen molar-refractivity contribution in [1.82, 2.24) is 10.0 Å². The van der Waals surface area contributed by atoms with E-state index in [1.165, 1.54) is 11.1 Å². The van der Waals surface area contributed by atoms with Crippen LogP contribution in [-0.2, 0) is 40.4 Å². The molecule has 4 rings (SSSR count). The zero-order chi connectivity index (χ0) is 31.0. The first-order chi connectivity index (χ1) is 19.3. The maximum atomic E-state index is 13.1. The summed E-state index contributed by atoms with van der Waals surface area (Å²) in [6, 6.07) is 1.23. The highest BCUT2D eigenvalue weighted by molar-refractivity contribution is 7.90.